The van der Waals surface area contributed by atoms with Crippen LogP contribution in [0.2, 0.25) is 0 Å². The first-order chi connectivity index (χ1) is 13.7. The van der Waals surface area contributed by atoms with E-state index in [9.17, 15) is 23.6 Å². The highest BCUT2D eigenvalue weighted by molar-refractivity contribution is 6.25. The van der Waals surface area contributed by atoms with E-state index >= 15 is 0 Å². The molecule has 2 atom stereocenters. The van der Waals surface area contributed by atoms with Gasteiger partial charge in [0.05, 0.1) is 16.8 Å². The standard InChI is InChI=1S/C20H23FN4O4/c1-20(2)9-22-8-7-13(20)23-16-11(21)4-3-10-15(16)19(29)25(18(10)28)12-5-6-14(26)24-17(12)27/h3-4,12-13,22-23H,5-9H2,1-2H3,(H,24,26,27). The summed E-state index contributed by atoms with van der Waals surface area (Å²) in [5, 5.41) is 8.62. The summed E-state index contributed by atoms with van der Waals surface area (Å²) in [7, 11) is 0. The molecule has 0 saturated carbocycles. The number of imide groups is 2. The van der Waals surface area contributed by atoms with Crippen LogP contribution in [0.3, 0.4) is 0 Å². The van der Waals surface area contributed by atoms with Gasteiger partial charge in [0.15, 0.2) is 0 Å². The summed E-state index contributed by atoms with van der Waals surface area (Å²) in [4.78, 5) is 50.5. The SMILES string of the molecule is CC1(C)CNCCC1Nc1c(F)ccc2c1C(=O)N(C1CCC(=O)NC1=O)C2=O. The number of amides is 4. The summed E-state index contributed by atoms with van der Waals surface area (Å²) in [5.74, 6) is -3.11. The number of halogens is 1. The Bertz CT molecular complexity index is 929. The second-order valence-corrected chi connectivity index (χ2v) is 8.44. The van der Waals surface area contributed by atoms with Gasteiger partial charge in [-0.3, -0.25) is 29.4 Å². The average Bonchev–Trinajstić information content (AvgIpc) is 2.90. The first-order valence-electron chi connectivity index (χ1n) is 9.72. The summed E-state index contributed by atoms with van der Waals surface area (Å²) in [5.41, 5.74) is -0.178. The van der Waals surface area contributed by atoms with Crippen molar-refractivity contribution in [3.8, 4) is 0 Å². The fourth-order valence-electron chi connectivity index (χ4n) is 4.29. The molecule has 1 aromatic rings. The number of piperidine rings is 2. The predicted octanol–water partition coefficient (Wildman–Crippen LogP) is 1.03. The highest BCUT2D eigenvalue weighted by Crippen LogP contribution is 2.37. The summed E-state index contributed by atoms with van der Waals surface area (Å²) in [6.45, 7) is 5.57. The van der Waals surface area contributed by atoms with Gasteiger partial charge in [-0.1, -0.05) is 13.8 Å². The molecule has 2 unspecified atom stereocenters. The van der Waals surface area contributed by atoms with Crippen LogP contribution in [0.1, 0.15) is 53.8 Å². The van der Waals surface area contributed by atoms with E-state index in [1.54, 1.807) is 0 Å². The fraction of sp³-hybridized carbons (Fsp3) is 0.500. The van der Waals surface area contributed by atoms with Crippen molar-refractivity contribution in [3.05, 3.63) is 29.1 Å². The monoisotopic (exact) mass is 402 g/mol. The third kappa shape index (κ3) is 3.19. The maximum absolute atomic E-state index is 14.8. The molecule has 4 amide bonds. The van der Waals surface area contributed by atoms with Gasteiger partial charge in [0.25, 0.3) is 11.8 Å². The van der Waals surface area contributed by atoms with Crippen LogP contribution in [-0.2, 0) is 9.59 Å². The zero-order valence-electron chi connectivity index (χ0n) is 16.3. The lowest BCUT2D eigenvalue weighted by atomic mass is 9.79. The van der Waals surface area contributed by atoms with E-state index in [1.807, 2.05) is 13.8 Å². The Labute approximate surface area is 167 Å². The summed E-state index contributed by atoms with van der Waals surface area (Å²) in [6.07, 6.45) is 0.824. The molecule has 1 aromatic carbocycles. The number of rotatable bonds is 3. The zero-order valence-corrected chi connectivity index (χ0v) is 16.3. The smallest absolute Gasteiger partial charge is 0.264 e. The first kappa shape index (κ1) is 19.5. The van der Waals surface area contributed by atoms with Crippen molar-refractivity contribution in [3.63, 3.8) is 0 Å². The number of benzene rings is 1. The minimum atomic E-state index is -1.08. The third-order valence-corrected chi connectivity index (χ3v) is 6.01. The number of nitrogens with zero attached hydrogens (tertiary/aromatic N) is 1. The maximum Gasteiger partial charge on any atom is 0.264 e. The van der Waals surface area contributed by atoms with Crippen molar-refractivity contribution >= 4 is 29.3 Å². The molecule has 0 radical (unpaired) electrons. The van der Waals surface area contributed by atoms with Gasteiger partial charge >= 0.3 is 0 Å². The van der Waals surface area contributed by atoms with E-state index in [-0.39, 0.29) is 41.1 Å². The van der Waals surface area contributed by atoms with Crippen LogP contribution < -0.4 is 16.0 Å². The molecule has 3 N–H and O–H groups in total. The van der Waals surface area contributed by atoms with Crippen LogP contribution in [0.5, 0.6) is 0 Å². The van der Waals surface area contributed by atoms with Gasteiger partial charge in [-0.05, 0) is 36.9 Å². The summed E-state index contributed by atoms with van der Waals surface area (Å²) < 4.78 is 14.8. The number of hydrogen-bond donors (Lipinski definition) is 3. The summed E-state index contributed by atoms with van der Waals surface area (Å²) >= 11 is 0. The van der Waals surface area contributed by atoms with Gasteiger partial charge in [-0.2, -0.15) is 0 Å². The molecular weight excluding hydrogens is 379 g/mol. The second kappa shape index (κ2) is 6.91. The van der Waals surface area contributed by atoms with Crippen LogP contribution >= 0.6 is 0 Å². The minimum absolute atomic E-state index is 0.00406. The fourth-order valence-corrected chi connectivity index (χ4v) is 4.29. The molecule has 3 heterocycles. The van der Waals surface area contributed by atoms with Gasteiger partial charge in [-0.15, -0.1) is 0 Å². The normalized spacial score (nSPS) is 26.4. The summed E-state index contributed by atoms with van der Waals surface area (Å²) in [6, 6.07) is 1.26. The van der Waals surface area contributed by atoms with E-state index < -0.39 is 35.5 Å². The van der Waals surface area contributed by atoms with Gasteiger partial charge in [0.1, 0.15) is 11.9 Å². The molecule has 2 saturated heterocycles. The first-order valence-corrected chi connectivity index (χ1v) is 9.72. The van der Waals surface area contributed by atoms with E-state index in [0.717, 1.165) is 30.5 Å². The number of carbonyl (C=O) groups excluding carboxylic acids is 4. The van der Waals surface area contributed by atoms with Crippen LogP contribution in [0, 0.1) is 11.2 Å². The lowest BCUT2D eigenvalue weighted by Gasteiger charge is -2.40. The van der Waals surface area contributed by atoms with Gasteiger partial charge in [-0.25, -0.2) is 4.39 Å². The highest BCUT2D eigenvalue weighted by Gasteiger charge is 2.46. The number of fused-ring (bicyclic) bond motifs is 1. The Morgan fingerprint density at radius 3 is 2.59 bits per heavy atom. The van der Waals surface area contributed by atoms with Crippen molar-refractivity contribution in [2.75, 3.05) is 18.4 Å². The van der Waals surface area contributed by atoms with Crippen LogP contribution in [0.4, 0.5) is 10.1 Å². The Hall–Kier alpha value is -2.81. The maximum atomic E-state index is 14.8. The lowest BCUT2D eigenvalue weighted by molar-refractivity contribution is -0.136. The zero-order chi connectivity index (χ0) is 20.9. The van der Waals surface area contributed by atoms with Crippen molar-refractivity contribution in [2.24, 2.45) is 5.41 Å². The van der Waals surface area contributed by atoms with E-state index in [0.29, 0.717) is 0 Å². The largest absolute Gasteiger partial charge is 0.379 e. The minimum Gasteiger partial charge on any atom is -0.379 e. The van der Waals surface area contributed by atoms with Gasteiger partial charge < -0.3 is 10.6 Å². The van der Waals surface area contributed by atoms with Gasteiger partial charge in [0, 0.05) is 19.0 Å². The number of carbonyl (C=O) groups is 4. The molecule has 154 valence electrons. The van der Waals surface area contributed by atoms with Gasteiger partial charge in [0.2, 0.25) is 11.8 Å². The molecule has 0 spiro atoms. The van der Waals surface area contributed by atoms with Crippen LogP contribution in [0.15, 0.2) is 12.1 Å². The molecule has 0 aromatic heterocycles. The van der Waals surface area contributed by atoms with Crippen molar-refractivity contribution in [1.82, 2.24) is 15.5 Å². The Morgan fingerprint density at radius 2 is 1.90 bits per heavy atom. The Kier molecular flexibility index (Phi) is 4.65. The molecule has 9 heteroatoms. The number of nitrogens with one attached hydrogen (secondary N) is 3. The van der Waals surface area contributed by atoms with E-state index in [2.05, 4.69) is 16.0 Å². The Morgan fingerprint density at radius 1 is 1.14 bits per heavy atom. The molecule has 0 aliphatic carbocycles. The molecule has 4 rings (SSSR count). The predicted molar refractivity (Wildman–Crippen MR) is 102 cm³/mol. The number of anilines is 1. The molecule has 8 nitrogen and oxygen atoms in total. The quantitative estimate of drug-likeness (QED) is 0.652. The average molecular weight is 402 g/mol. The van der Waals surface area contributed by atoms with Crippen molar-refractivity contribution in [2.45, 2.75) is 45.2 Å². The second-order valence-electron chi connectivity index (χ2n) is 8.44. The number of hydrogen-bond acceptors (Lipinski definition) is 6. The molecule has 3 aliphatic rings. The van der Waals surface area contributed by atoms with E-state index in [1.165, 1.54) is 6.07 Å². The van der Waals surface area contributed by atoms with Crippen molar-refractivity contribution in [1.29, 1.82) is 0 Å². The molecule has 3 aliphatic heterocycles. The van der Waals surface area contributed by atoms with E-state index in [4.69, 9.17) is 0 Å². The van der Waals surface area contributed by atoms with Crippen LogP contribution in [-0.4, -0.2) is 53.7 Å². The van der Waals surface area contributed by atoms with Crippen LogP contribution in [0.25, 0.3) is 0 Å². The molecule has 0 bridgehead atoms. The van der Waals surface area contributed by atoms with Crippen molar-refractivity contribution < 1.29 is 23.6 Å². The lowest BCUT2D eigenvalue weighted by Crippen LogP contribution is -2.54. The highest BCUT2D eigenvalue weighted by atomic mass is 19.1. The molecule has 29 heavy (non-hydrogen) atoms. The molecular formula is C20H23FN4O4. The topological polar surface area (TPSA) is 108 Å². The Balaban J connectivity index is 1.69. The third-order valence-electron chi connectivity index (χ3n) is 6.01. The molecule has 2 fully saturated rings.